The summed E-state index contributed by atoms with van der Waals surface area (Å²) in [5, 5.41) is 5.51. The minimum absolute atomic E-state index is 0.0104. The van der Waals surface area contributed by atoms with E-state index in [4.69, 9.17) is 9.47 Å². The van der Waals surface area contributed by atoms with Gasteiger partial charge in [0.2, 0.25) is 0 Å². The van der Waals surface area contributed by atoms with Gasteiger partial charge < -0.3 is 25.0 Å². The van der Waals surface area contributed by atoms with Crippen molar-refractivity contribution in [3.63, 3.8) is 0 Å². The molecule has 0 fully saturated rings. The first-order valence-electron chi connectivity index (χ1n) is 13.5. The Morgan fingerprint density at radius 1 is 0.767 bits per heavy atom. The van der Waals surface area contributed by atoms with Gasteiger partial charge in [0.05, 0.1) is 14.2 Å². The molecule has 0 radical (unpaired) electrons. The molecule has 0 saturated heterocycles. The van der Waals surface area contributed by atoms with Gasteiger partial charge in [-0.15, -0.1) is 0 Å². The summed E-state index contributed by atoms with van der Waals surface area (Å²) in [5.41, 5.74) is 3.81. The lowest BCUT2D eigenvalue weighted by atomic mass is 10.1. The van der Waals surface area contributed by atoms with E-state index in [-0.39, 0.29) is 11.5 Å². The number of anilines is 2. The second kappa shape index (κ2) is 14.3. The fourth-order valence-electron chi connectivity index (χ4n) is 4.12. The molecule has 4 aromatic carbocycles. The summed E-state index contributed by atoms with van der Waals surface area (Å²) in [4.78, 5) is 41.2. The fraction of sp³-hybridized carbons (Fsp3) is 0.114. The van der Waals surface area contributed by atoms with Gasteiger partial charge in [-0.1, -0.05) is 36.4 Å². The molecule has 0 heterocycles. The van der Waals surface area contributed by atoms with Crippen LogP contribution in [0.4, 0.5) is 11.4 Å². The van der Waals surface area contributed by atoms with E-state index in [1.165, 1.54) is 26.4 Å². The molecule has 0 atom stereocenters. The Bertz CT molecular complexity index is 1640. The zero-order valence-electron chi connectivity index (χ0n) is 24.5. The number of allylic oxidation sites excluding steroid dienone is 1. The number of hydrogen-bond donors (Lipinski definition) is 2. The van der Waals surface area contributed by atoms with Crippen molar-refractivity contribution in [2.75, 3.05) is 38.5 Å². The lowest BCUT2D eigenvalue weighted by molar-refractivity contribution is -0.113. The van der Waals surface area contributed by atoms with Crippen molar-refractivity contribution in [2.24, 2.45) is 0 Å². The molecule has 0 aromatic heterocycles. The van der Waals surface area contributed by atoms with Crippen molar-refractivity contribution in [3.05, 3.63) is 131 Å². The van der Waals surface area contributed by atoms with Crippen LogP contribution in [0.2, 0.25) is 0 Å². The number of benzene rings is 4. The molecule has 8 heteroatoms. The van der Waals surface area contributed by atoms with Crippen molar-refractivity contribution in [1.29, 1.82) is 0 Å². The maximum atomic E-state index is 13.4. The summed E-state index contributed by atoms with van der Waals surface area (Å²) in [6.45, 7) is 0. The molecular formula is C35H33N3O5. The Labute approximate surface area is 251 Å². The molecule has 0 spiro atoms. The molecule has 4 rings (SSSR count). The summed E-state index contributed by atoms with van der Waals surface area (Å²) in [7, 11) is 6.99. The van der Waals surface area contributed by atoms with Crippen LogP contribution in [0, 0.1) is 0 Å². The highest BCUT2D eigenvalue weighted by atomic mass is 16.5. The summed E-state index contributed by atoms with van der Waals surface area (Å²) in [6.07, 6.45) is 4.79. The number of methoxy groups -OCH3 is 2. The third kappa shape index (κ3) is 8.20. The van der Waals surface area contributed by atoms with Gasteiger partial charge in [0, 0.05) is 42.2 Å². The van der Waals surface area contributed by atoms with Crippen molar-refractivity contribution >= 4 is 41.1 Å². The molecule has 2 amide bonds. The minimum Gasteiger partial charge on any atom is -0.497 e. The van der Waals surface area contributed by atoms with Crippen molar-refractivity contribution in [3.8, 4) is 11.5 Å². The van der Waals surface area contributed by atoms with Gasteiger partial charge in [-0.25, -0.2) is 0 Å². The predicted molar refractivity (Wildman–Crippen MR) is 171 cm³/mol. The Morgan fingerprint density at radius 3 is 2.09 bits per heavy atom. The zero-order valence-corrected chi connectivity index (χ0v) is 24.5. The Kier molecular flexibility index (Phi) is 10.1. The van der Waals surface area contributed by atoms with E-state index in [0.29, 0.717) is 33.9 Å². The molecule has 0 aliphatic heterocycles. The molecule has 43 heavy (non-hydrogen) atoms. The summed E-state index contributed by atoms with van der Waals surface area (Å²) in [5.74, 6) is -0.136. The van der Waals surface area contributed by atoms with E-state index in [0.717, 1.165) is 11.3 Å². The van der Waals surface area contributed by atoms with Crippen LogP contribution in [0.3, 0.4) is 0 Å². The molecule has 218 valence electrons. The molecule has 4 aromatic rings. The first-order chi connectivity index (χ1) is 20.8. The second-order valence-electron chi connectivity index (χ2n) is 9.70. The lowest BCUT2D eigenvalue weighted by Gasteiger charge is -2.13. The van der Waals surface area contributed by atoms with E-state index in [9.17, 15) is 14.4 Å². The van der Waals surface area contributed by atoms with E-state index >= 15 is 0 Å². The number of nitrogens with zero attached hydrogens (tertiary/aromatic N) is 1. The number of nitrogens with one attached hydrogen (secondary N) is 2. The van der Waals surface area contributed by atoms with Crippen molar-refractivity contribution in [2.45, 2.75) is 0 Å². The highest BCUT2D eigenvalue weighted by Crippen LogP contribution is 2.26. The van der Waals surface area contributed by atoms with Crippen LogP contribution in [0.1, 0.15) is 31.8 Å². The summed E-state index contributed by atoms with van der Waals surface area (Å²) < 4.78 is 10.8. The molecule has 2 N–H and O–H groups in total. The van der Waals surface area contributed by atoms with Gasteiger partial charge in [0.1, 0.15) is 17.2 Å². The molecule has 0 aliphatic rings. The SMILES string of the molecule is COc1ccc(OC)c(/C=C(\NC(=O)c2ccccc2)C(=O)Nc2ccc(C(=O)/C=C/c3ccc(N(C)C)cc3)cc2)c1. The van der Waals surface area contributed by atoms with Gasteiger partial charge in [0.15, 0.2) is 5.78 Å². The maximum absolute atomic E-state index is 13.4. The average molecular weight is 576 g/mol. The Balaban J connectivity index is 1.52. The Morgan fingerprint density at radius 2 is 1.47 bits per heavy atom. The molecular weight excluding hydrogens is 542 g/mol. The Hall–Kier alpha value is -5.63. The fourth-order valence-corrected chi connectivity index (χ4v) is 4.12. The van der Waals surface area contributed by atoms with E-state index in [1.54, 1.807) is 78.9 Å². The number of amides is 2. The lowest BCUT2D eigenvalue weighted by Crippen LogP contribution is -2.30. The van der Waals surface area contributed by atoms with Gasteiger partial charge >= 0.3 is 0 Å². The smallest absolute Gasteiger partial charge is 0.272 e. The summed E-state index contributed by atoms with van der Waals surface area (Å²) >= 11 is 0. The van der Waals surface area contributed by atoms with Crippen LogP contribution in [0.15, 0.2) is 109 Å². The molecule has 0 unspecified atom stereocenters. The molecule has 0 bridgehead atoms. The second-order valence-corrected chi connectivity index (χ2v) is 9.70. The highest BCUT2D eigenvalue weighted by molar-refractivity contribution is 6.11. The van der Waals surface area contributed by atoms with Crippen LogP contribution >= 0.6 is 0 Å². The third-order valence-corrected chi connectivity index (χ3v) is 6.53. The van der Waals surface area contributed by atoms with Crippen molar-refractivity contribution < 1.29 is 23.9 Å². The van der Waals surface area contributed by atoms with Gasteiger partial charge in [-0.2, -0.15) is 0 Å². The molecule has 0 saturated carbocycles. The van der Waals surface area contributed by atoms with E-state index in [2.05, 4.69) is 10.6 Å². The quantitative estimate of drug-likeness (QED) is 0.166. The standard InChI is InChI=1S/C35H33N3O5/c1-38(2)29-17-10-24(11-18-29)12-20-32(39)25-13-15-28(16-14-25)36-35(41)31(37-34(40)26-8-6-5-7-9-26)23-27-22-30(42-3)19-21-33(27)43-4/h5-23H,1-4H3,(H,36,41)(H,37,40)/b20-12+,31-23-. The van der Waals surface area contributed by atoms with Crippen LogP contribution < -0.4 is 25.0 Å². The average Bonchev–Trinajstić information content (AvgIpc) is 3.04. The number of ketones is 1. The number of hydrogen-bond acceptors (Lipinski definition) is 6. The first-order valence-corrected chi connectivity index (χ1v) is 13.5. The zero-order chi connectivity index (χ0) is 30.8. The number of carbonyl (C=O) groups excluding carboxylic acids is 3. The minimum atomic E-state index is -0.561. The number of rotatable bonds is 11. The van der Waals surface area contributed by atoms with E-state index < -0.39 is 11.8 Å². The predicted octanol–water partition coefficient (Wildman–Crippen LogP) is 6.08. The largest absolute Gasteiger partial charge is 0.497 e. The topological polar surface area (TPSA) is 97.0 Å². The van der Waals surface area contributed by atoms with Gasteiger partial charge in [-0.05, 0) is 84.4 Å². The molecule has 8 nitrogen and oxygen atoms in total. The van der Waals surface area contributed by atoms with Crippen LogP contribution in [0.25, 0.3) is 12.2 Å². The normalized spacial score (nSPS) is 11.1. The summed E-state index contributed by atoms with van der Waals surface area (Å²) in [6, 6.07) is 28.1. The molecule has 0 aliphatic carbocycles. The maximum Gasteiger partial charge on any atom is 0.272 e. The highest BCUT2D eigenvalue weighted by Gasteiger charge is 2.17. The van der Waals surface area contributed by atoms with Crippen LogP contribution in [-0.2, 0) is 4.79 Å². The third-order valence-electron chi connectivity index (χ3n) is 6.53. The number of ether oxygens (including phenoxy) is 2. The van der Waals surface area contributed by atoms with Crippen molar-refractivity contribution in [1.82, 2.24) is 5.32 Å². The van der Waals surface area contributed by atoms with Crippen LogP contribution in [-0.4, -0.2) is 45.9 Å². The van der Waals surface area contributed by atoms with E-state index in [1.807, 2.05) is 43.3 Å². The first kappa shape index (κ1) is 30.3. The monoisotopic (exact) mass is 575 g/mol. The van der Waals surface area contributed by atoms with Gasteiger partial charge in [-0.3, -0.25) is 14.4 Å². The number of carbonyl (C=O) groups is 3. The van der Waals surface area contributed by atoms with Crippen LogP contribution in [0.5, 0.6) is 11.5 Å². The van der Waals surface area contributed by atoms with Gasteiger partial charge in [0.25, 0.3) is 11.8 Å².